The third-order valence-electron chi connectivity index (χ3n) is 2.56. The summed E-state index contributed by atoms with van der Waals surface area (Å²) in [7, 11) is 1.51. The number of nitrogens with one attached hydrogen (secondary N) is 1. The first-order chi connectivity index (χ1) is 9.47. The molecule has 20 heavy (non-hydrogen) atoms. The zero-order chi connectivity index (χ0) is 15.1. The fourth-order valence-corrected chi connectivity index (χ4v) is 1.84. The van der Waals surface area contributed by atoms with Gasteiger partial charge >= 0.3 is 0 Å². The number of anilines is 1. The van der Waals surface area contributed by atoms with Gasteiger partial charge in [-0.05, 0) is 18.2 Å². The highest BCUT2D eigenvalue weighted by atomic mass is 35.5. The van der Waals surface area contributed by atoms with Crippen LogP contribution in [0.25, 0.3) is 0 Å². The van der Waals surface area contributed by atoms with Gasteiger partial charge in [-0.1, -0.05) is 17.7 Å². The molecule has 0 saturated heterocycles. The monoisotopic (exact) mass is 296 g/mol. The van der Waals surface area contributed by atoms with Crippen molar-refractivity contribution < 1.29 is 14.3 Å². The van der Waals surface area contributed by atoms with E-state index >= 15 is 0 Å². The van der Waals surface area contributed by atoms with E-state index in [1.807, 2.05) is 0 Å². The van der Waals surface area contributed by atoms with Crippen LogP contribution in [0.15, 0.2) is 30.9 Å². The number of hydrogen-bond acceptors (Lipinski definition) is 3. The molecule has 0 spiro atoms. The Balaban J connectivity index is 2.68. The maximum absolute atomic E-state index is 11.9. The van der Waals surface area contributed by atoms with Crippen molar-refractivity contribution in [3.8, 4) is 5.75 Å². The normalized spacial score (nSPS) is 9.75. The van der Waals surface area contributed by atoms with Gasteiger partial charge in [0.15, 0.2) is 0 Å². The number of carbonyl (C=O) groups is 2. The number of nitrogens with zero attached hydrogens (tertiary/aromatic N) is 1. The van der Waals surface area contributed by atoms with Gasteiger partial charge in [0.2, 0.25) is 11.8 Å². The second-order valence-corrected chi connectivity index (χ2v) is 4.49. The smallest absolute Gasteiger partial charge is 0.244 e. The molecular formula is C14H17ClN2O3. The highest BCUT2D eigenvalue weighted by Crippen LogP contribution is 2.27. The Labute approximate surface area is 123 Å². The predicted molar refractivity (Wildman–Crippen MR) is 79.1 cm³/mol. The van der Waals surface area contributed by atoms with Gasteiger partial charge in [0.05, 0.1) is 12.1 Å². The average Bonchev–Trinajstić information content (AvgIpc) is 2.38. The summed E-state index contributed by atoms with van der Waals surface area (Å²) in [6.45, 7) is 5.24. The number of amides is 2. The molecule has 1 rings (SSSR count). The van der Waals surface area contributed by atoms with E-state index < -0.39 is 0 Å². The quantitative estimate of drug-likeness (QED) is 0.820. The summed E-state index contributed by atoms with van der Waals surface area (Å²) < 4.78 is 5.02. The molecular weight excluding hydrogens is 280 g/mol. The fraction of sp³-hybridized carbons (Fsp3) is 0.286. The zero-order valence-electron chi connectivity index (χ0n) is 11.5. The lowest BCUT2D eigenvalue weighted by Crippen LogP contribution is -2.36. The highest BCUT2D eigenvalue weighted by Gasteiger charge is 2.12. The first kappa shape index (κ1) is 16.0. The van der Waals surface area contributed by atoms with E-state index in [4.69, 9.17) is 16.3 Å². The molecule has 0 heterocycles. The SMILES string of the molecule is C=CCN(CC(=O)Nc1ccc(OC)c(Cl)c1)C(C)=O. The Morgan fingerprint density at radius 1 is 1.50 bits per heavy atom. The summed E-state index contributed by atoms with van der Waals surface area (Å²) in [6.07, 6.45) is 1.57. The van der Waals surface area contributed by atoms with Crippen molar-refractivity contribution in [2.75, 3.05) is 25.5 Å². The highest BCUT2D eigenvalue weighted by molar-refractivity contribution is 6.32. The van der Waals surface area contributed by atoms with Crippen molar-refractivity contribution in [2.24, 2.45) is 0 Å². The molecule has 0 aliphatic rings. The molecule has 0 unspecified atom stereocenters. The van der Waals surface area contributed by atoms with Gasteiger partial charge in [0.1, 0.15) is 12.3 Å². The Hall–Kier alpha value is -2.01. The number of halogens is 1. The van der Waals surface area contributed by atoms with Gasteiger partial charge in [-0.3, -0.25) is 9.59 Å². The lowest BCUT2D eigenvalue weighted by atomic mass is 10.3. The fourth-order valence-electron chi connectivity index (χ4n) is 1.58. The van der Waals surface area contributed by atoms with Crippen LogP contribution in [0.5, 0.6) is 5.75 Å². The van der Waals surface area contributed by atoms with E-state index in [1.54, 1.807) is 24.3 Å². The van der Waals surface area contributed by atoms with Crippen LogP contribution in [-0.4, -0.2) is 36.9 Å². The molecule has 1 aromatic carbocycles. The first-order valence-electron chi connectivity index (χ1n) is 5.97. The molecule has 0 saturated carbocycles. The molecule has 5 nitrogen and oxygen atoms in total. The number of rotatable bonds is 6. The van der Waals surface area contributed by atoms with E-state index in [9.17, 15) is 9.59 Å². The van der Waals surface area contributed by atoms with Crippen LogP contribution < -0.4 is 10.1 Å². The minimum atomic E-state index is -0.303. The summed E-state index contributed by atoms with van der Waals surface area (Å²) >= 11 is 5.96. The van der Waals surface area contributed by atoms with Gasteiger partial charge in [0, 0.05) is 19.2 Å². The van der Waals surface area contributed by atoms with Crippen molar-refractivity contribution >= 4 is 29.1 Å². The molecule has 0 aliphatic heterocycles. The molecule has 0 bridgehead atoms. The first-order valence-corrected chi connectivity index (χ1v) is 6.35. The van der Waals surface area contributed by atoms with Crippen molar-refractivity contribution in [3.05, 3.63) is 35.9 Å². The van der Waals surface area contributed by atoms with E-state index in [2.05, 4.69) is 11.9 Å². The predicted octanol–water partition coefficient (Wildman–Crippen LogP) is 2.32. The summed E-state index contributed by atoms with van der Waals surface area (Å²) in [5, 5.41) is 3.07. The lowest BCUT2D eigenvalue weighted by Gasteiger charge is -2.18. The van der Waals surface area contributed by atoms with Crippen LogP contribution in [-0.2, 0) is 9.59 Å². The number of benzene rings is 1. The average molecular weight is 297 g/mol. The number of ether oxygens (including phenoxy) is 1. The molecule has 0 aromatic heterocycles. The second-order valence-electron chi connectivity index (χ2n) is 4.09. The minimum Gasteiger partial charge on any atom is -0.495 e. The Kier molecular flexibility index (Phi) is 6.06. The van der Waals surface area contributed by atoms with Gasteiger partial charge in [-0.2, -0.15) is 0 Å². The summed E-state index contributed by atoms with van der Waals surface area (Å²) in [4.78, 5) is 24.6. The van der Waals surface area contributed by atoms with Crippen LogP contribution in [0.2, 0.25) is 5.02 Å². The third kappa shape index (κ3) is 4.59. The van der Waals surface area contributed by atoms with Crippen molar-refractivity contribution in [1.82, 2.24) is 4.90 Å². The molecule has 6 heteroatoms. The van der Waals surface area contributed by atoms with Crippen LogP contribution in [0.1, 0.15) is 6.92 Å². The van der Waals surface area contributed by atoms with Gasteiger partial charge in [0.25, 0.3) is 0 Å². The van der Waals surface area contributed by atoms with E-state index in [-0.39, 0.29) is 18.4 Å². The molecule has 1 N–H and O–H groups in total. The molecule has 108 valence electrons. The van der Waals surface area contributed by atoms with E-state index in [0.29, 0.717) is 23.0 Å². The van der Waals surface area contributed by atoms with Crippen molar-refractivity contribution in [2.45, 2.75) is 6.92 Å². The number of hydrogen-bond donors (Lipinski definition) is 1. The molecule has 0 atom stereocenters. The van der Waals surface area contributed by atoms with Crippen LogP contribution in [0.4, 0.5) is 5.69 Å². The Morgan fingerprint density at radius 2 is 2.20 bits per heavy atom. The van der Waals surface area contributed by atoms with Gasteiger partial charge in [-0.15, -0.1) is 6.58 Å². The Morgan fingerprint density at radius 3 is 2.70 bits per heavy atom. The van der Waals surface area contributed by atoms with Crippen LogP contribution in [0, 0.1) is 0 Å². The van der Waals surface area contributed by atoms with Crippen LogP contribution in [0.3, 0.4) is 0 Å². The molecule has 0 fully saturated rings. The van der Waals surface area contributed by atoms with Gasteiger partial charge < -0.3 is 15.0 Å². The van der Waals surface area contributed by atoms with E-state index in [0.717, 1.165) is 0 Å². The second kappa shape index (κ2) is 7.55. The molecule has 1 aromatic rings. The summed E-state index contributed by atoms with van der Waals surface area (Å²) in [5.41, 5.74) is 0.544. The summed E-state index contributed by atoms with van der Waals surface area (Å²) in [6, 6.07) is 4.92. The third-order valence-corrected chi connectivity index (χ3v) is 2.86. The Bertz CT molecular complexity index is 517. The van der Waals surface area contributed by atoms with Crippen LogP contribution >= 0.6 is 11.6 Å². The van der Waals surface area contributed by atoms with E-state index in [1.165, 1.54) is 18.9 Å². The molecule has 0 aliphatic carbocycles. The number of carbonyl (C=O) groups excluding carboxylic acids is 2. The lowest BCUT2D eigenvalue weighted by molar-refractivity contribution is -0.132. The largest absolute Gasteiger partial charge is 0.495 e. The molecule has 0 radical (unpaired) electrons. The number of methoxy groups -OCH3 is 1. The maximum atomic E-state index is 11.9. The minimum absolute atomic E-state index is 0.0367. The topological polar surface area (TPSA) is 58.6 Å². The summed E-state index contributed by atoms with van der Waals surface area (Å²) in [5.74, 6) is 0.0396. The van der Waals surface area contributed by atoms with Crippen molar-refractivity contribution in [1.29, 1.82) is 0 Å². The maximum Gasteiger partial charge on any atom is 0.244 e. The van der Waals surface area contributed by atoms with Gasteiger partial charge in [-0.25, -0.2) is 0 Å². The standard InChI is InChI=1S/C14H17ClN2O3/c1-4-7-17(10(2)18)9-14(19)16-11-5-6-13(20-3)12(15)8-11/h4-6,8H,1,7,9H2,2-3H3,(H,16,19). The molecule has 2 amide bonds. The van der Waals surface area contributed by atoms with Crippen molar-refractivity contribution in [3.63, 3.8) is 0 Å². The zero-order valence-corrected chi connectivity index (χ0v) is 12.2.